The molecule has 2 aliphatic rings. The van der Waals surface area contributed by atoms with Crippen molar-refractivity contribution in [1.82, 2.24) is 9.71 Å². The summed E-state index contributed by atoms with van der Waals surface area (Å²) in [5, 5.41) is 4.34. The minimum absolute atomic E-state index is 0.0838. The number of anilines is 1. The highest BCUT2D eigenvalue weighted by Gasteiger charge is 2.28. The Morgan fingerprint density at radius 3 is 2.49 bits per heavy atom. The van der Waals surface area contributed by atoms with Crippen molar-refractivity contribution >= 4 is 26.5 Å². The molecule has 0 aliphatic heterocycles. The smallest absolute Gasteiger partial charge is 0.246 e. The summed E-state index contributed by atoms with van der Waals surface area (Å²) in [5.74, 6) is -2.37. The summed E-state index contributed by atoms with van der Waals surface area (Å²) in [4.78, 5) is 5.04. The number of sulfonamides is 1. The van der Waals surface area contributed by atoms with Crippen LogP contribution in [0.4, 0.5) is 18.3 Å². The number of thiazole rings is 1. The van der Waals surface area contributed by atoms with Gasteiger partial charge < -0.3 is 5.32 Å². The molecule has 1 heterocycles. The first-order valence-electron chi connectivity index (χ1n) is 11.8. The average Bonchev–Trinajstić information content (AvgIpc) is 3.14. The number of nitrogens with one attached hydrogen (secondary N) is 2. The molecule has 0 bridgehead atoms. The van der Waals surface area contributed by atoms with Crippen molar-refractivity contribution < 1.29 is 21.6 Å². The molecule has 0 saturated heterocycles. The molecule has 5 rings (SSSR count). The van der Waals surface area contributed by atoms with Crippen LogP contribution in [0.1, 0.15) is 42.5 Å². The first-order valence-corrected chi connectivity index (χ1v) is 14.1. The van der Waals surface area contributed by atoms with Crippen LogP contribution < -0.4 is 10.0 Å². The zero-order chi connectivity index (χ0) is 24.6. The SMILES string of the molecule is O=S(=O)(NCC1CCC(Nc2nc3c(s2)CCCc2ccc(F)cc2-3)CC1)c1c(F)cccc1F. The second kappa shape index (κ2) is 9.91. The van der Waals surface area contributed by atoms with Gasteiger partial charge in [-0.05, 0) is 80.7 Å². The Balaban J connectivity index is 1.19. The van der Waals surface area contributed by atoms with Crippen molar-refractivity contribution in [3.63, 3.8) is 0 Å². The first-order chi connectivity index (χ1) is 16.8. The van der Waals surface area contributed by atoms with Crippen LogP contribution in [0, 0.1) is 23.4 Å². The van der Waals surface area contributed by atoms with Crippen LogP contribution in [0.5, 0.6) is 0 Å². The topological polar surface area (TPSA) is 71.1 Å². The summed E-state index contributed by atoms with van der Waals surface area (Å²) in [7, 11) is -4.27. The van der Waals surface area contributed by atoms with E-state index in [0.29, 0.717) is 0 Å². The maximum atomic E-state index is 13.9. The van der Waals surface area contributed by atoms with E-state index in [9.17, 15) is 21.6 Å². The standard InChI is InChI=1S/C25H26F3N3O2S2/c26-17-10-9-16-3-1-6-22-23(19(16)13-17)31-25(34-22)30-18-11-7-15(8-12-18)14-29-35(32,33)24-20(27)4-2-5-21(24)28/h2,4-5,9-10,13,15,18,29H,1,3,6-8,11-12,14H2,(H,30,31). The molecule has 186 valence electrons. The molecule has 1 aromatic heterocycles. The molecule has 0 radical (unpaired) electrons. The van der Waals surface area contributed by atoms with Gasteiger partial charge >= 0.3 is 0 Å². The van der Waals surface area contributed by atoms with E-state index in [4.69, 9.17) is 4.98 Å². The number of hydrogen-bond acceptors (Lipinski definition) is 5. The van der Waals surface area contributed by atoms with Crippen molar-refractivity contribution in [3.8, 4) is 11.3 Å². The van der Waals surface area contributed by atoms with Crippen LogP contribution in [0.2, 0.25) is 0 Å². The predicted octanol–water partition coefficient (Wildman–Crippen LogP) is 5.67. The van der Waals surface area contributed by atoms with Crippen molar-refractivity contribution in [3.05, 3.63) is 64.3 Å². The van der Waals surface area contributed by atoms with Gasteiger partial charge in [-0.15, -0.1) is 11.3 Å². The number of fused-ring (bicyclic) bond motifs is 3. The molecule has 5 nitrogen and oxygen atoms in total. The van der Waals surface area contributed by atoms with Gasteiger partial charge in [0.1, 0.15) is 17.5 Å². The number of benzene rings is 2. The number of aryl methyl sites for hydroxylation is 2. The molecule has 2 aliphatic carbocycles. The molecular formula is C25H26F3N3O2S2. The summed E-state index contributed by atoms with van der Waals surface area (Å²) in [6, 6.07) is 8.12. The Morgan fingerprint density at radius 2 is 1.74 bits per heavy atom. The summed E-state index contributed by atoms with van der Waals surface area (Å²) in [6.45, 7) is 0.136. The van der Waals surface area contributed by atoms with Gasteiger partial charge in [-0.2, -0.15) is 0 Å². The van der Waals surface area contributed by atoms with Gasteiger partial charge in [0.2, 0.25) is 10.0 Å². The zero-order valence-electron chi connectivity index (χ0n) is 19.0. The molecule has 2 N–H and O–H groups in total. The van der Waals surface area contributed by atoms with Crippen molar-refractivity contribution in [1.29, 1.82) is 0 Å². The molecule has 3 aromatic rings. The zero-order valence-corrected chi connectivity index (χ0v) is 20.6. The highest BCUT2D eigenvalue weighted by Crippen LogP contribution is 2.38. The van der Waals surface area contributed by atoms with Crippen LogP contribution in [0.15, 0.2) is 41.3 Å². The highest BCUT2D eigenvalue weighted by atomic mass is 32.2. The second-order valence-corrected chi connectivity index (χ2v) is 12.0. The first kappa shape index (κ1) is 24.3. The van der Waals surface area contributed by atoms with Gasteiger partial charge in [-0.25, -0.2) is 31.3 Å². The maximum Gasteiger partial charge on any atom is 0.246 e. The molecule has 0 spiro atoms. The number of aromatic nitrogens is 1. The van der Waals surface area contributed by atoms with Gasteiger partial charge in [0.25, 0.3) is 0 Å². The molecule has 0 amide bonds. The third-order valence-corrected chi connectivity index (χ3v) is 9.32. The monoisotopic (exact) mass is 521 g/mol. The third kappa shape index (κ3) is 5.24. The minimum Gasteiger partial charge on any atom is -0.359 e. The van der Waals surface area contributed by atoms with Crippen LogP contribution >= 0.6 is 11.3 Å². The van der Waals surface area contributed by atoms with Crippen molar-refractivity contribution in [2.75, 3.05) is 11.9 Å². The fraction of sp³-hybridized carbons (Fsp3) is 0.400. The molecule has 35 heavy (non-hydrogen) atoms. The molecule has 2 aromatic carbocycles. The molecular weight excluding hydrogens is 495 g/mol. The number of rotatable bonds is 6. The second-order valence-electron chi connectivity index (χ2n) is 9.21. The predicted molar refractivity (Wildman–Crippen MR) is 130 cm³/mol. The normalized spacial score (nSPS) is 20.1. The van der Waals surface area contributed by atoms with E-state index in [1.165, 1.54) is 10.9 Å². The van der Waals surface area contributed by atoms with E-state index in [1.807, 2.05) is 6.07 Å². The van der Waals surface area contributed by atoms with Crippen LogP contribution in [0.25, 0.3) is 11.3 Å². The molecule has 0 unspecified atom stereocenters. The van der Waals surface area contributed by atoms with E-state index >= 15 is 0 Å². The molecule has 0 atom stereocenters. The Kier molecular flexibility index (Phi) is 6.87. The van der Waals surface area contributed by atoms with E-state index in [-0.39, 0.29) is 24.3 Å². The lowest BCUT2D eigenvalue weighted by atomic mass is 9.86. The summed E-state index contributed by atoms with van der Waals surface area (Å²) in [6.07, 6.45) is 6.05. The number of halogens is 3. The minimum atomic E-state index is -4.27. The maximum absolute atomic E-state index is 13.9. The number of nitrogens with zero attached hydrogens (tertiary/aromatic N) is 1. The average molecular weight is 522 g/mol. The molecule has 10 heteroatoms. The van der Waals surface area contributed by atoms with E-state index in [0.717, 1.165) is 85.1 Å². The Bertz CT molecular complexity index is 1320. The van der Waals surface area contributed by atoms with E-state index < -0.39 is 26.6 Å². The Morgan fingerprint density at radius 1 is 1.00 bits per heavy atom. The quantitative estimate of drug-likeness (QED) is 0.439. The fourth-order valence-electron chi connectivity index (χ4n) is 4.94. The number of hydrogen-bond donors (Lipinski definition) is 2. The van der Waals surface area contributed by atoms with Crippen molar-refractivity contribution in [2.24, 2.45) is 5.92 Å². The molecule has 1 fully saturated rings. The lowest BCUT2D eigenvalue weighted by Gasteiger charge is -2.29. The Labute approximate surface area is 206 Å². The van der Waals surface area contributed by atoms with E-state index in [2.05, 4.69) is 10.0 Å². The molecule has 1 saturated carbocycles. The largest absolute Gasteiger partial charge is 0.359 e. The van der Waals surface area contributed by atoms with Crippen LogP contribution in [0.3, 0.4) is 0 Å². The van der Waals surface area contributed by atoms with Gasteiger partial charge in [0.05, 0.1) is 5.69 Å². The van der Waals surface area contributed by atoms with E-state index in [1.54, 1.807) is 17.4 Å². The lowest BCUT2D eigenvalue weighted by Crippen LogP contribution is -2.34. The third-order valence-electron chi connectivity index (χ3n) is 6.80. The Hall–Kier alpha value is -2.43. The van der Waals surface area contributed by atoms with Gasteiger partial charge in [-0.1, -0.05) is 12.1 Å². The summed E-state index contributed by atoms with van der Waals surface area (Å²) < 4.78 is 68.9. The van der Waals surface area contributed by atoms with Crippen molar-refractivity contribution in [2.45, 2.75) is 55.9 Å². The summed E-state index contributed by atoms with van der Waals surface area (Å²) >= 11 is 1.62. The highest BCUT2D eigenvalue weighted by molar-refractivity contribution is 7.89. The van der Waals surface area contributed by atoms with Crippen LogP contribution in [-0.4, -0.2) is 26.0 Å². The fourth-order valence-corrected chi connectivity index (χ4v) is 7.29. The van der Waals surface area contributed by atoms with Crippen LogP contribution in [-0.2, 0) is 22.9 Å². The van der Waals surface area contributed by atoms with Gasteiger partial charge in [0.15, 0.2) is 10.0 Å². The van der Waals surface area contributed by atoms with Gasteiger partial charge in [-0.3, -0.25) is 0 Å². The summed E-state index contributed by atoms with van der Waals surface area (Å²) in [5.41, 5.74) is 2.87. The lowest BCUT2D eigenvalue weighted by molar-refractivity contribution is 0.337. The van der Waals surface area contributed by atoms with Gasteiger partial charge in [0, 0.05) is 23.0 Å².